The van der Waals surface area contributed by atoms with Gasteiger partial charge >= 0.3 is 39.5 Å². The number of hydrogen-bond acceptors (Lipinski definition) is 15. The molecule has 3 N–H and O–H groups in total. The van der Waals surface area contributed by atoms with Crippen LogP contribution in [0.1, 0.15) is 452 Å². The SMILES string of the molecule is CCCCCCCCCCCCCCCCCCCC(=O)OC[C@H](COP(=O)(O)OC[C@@H](O)COP(=O)(O)OC[C@@H](COC(=O)CCCCCCCCC)OC(=O)CCCCCCCCCCCCCCCCCCC)OC(=O)CCCCCCCCCCCCCCCCCCCCC(C)CC. The molecule has 0 saturated heterocycles. The fourth-order valence-corrected chi connectivity index (χ4v) is 14.7. The van der Waals surface area contributed by atoms with E-state index in [-0.39, 0.29) is 25.7 Å². The monoisotopic (exact) mass is 1510 g/mol. The predicted molar refractivity (Wildman–Crippen MR) is 423 cm³/mol. The topological polar surface area (TPSA) is 237 Å². The minimum absolute atomic E-state index is 0.109. The van der Waals surface area contributed by atoms with Gasteiger partial charge in [0.15, 0.2) is 12.2 Å². The number of phosphoric acid groups is 2. The van der Waals surface area contributed by atoms with Crippen LogP contribution in [0.4, 0.5) is 0 Å². The van der Waals surface area contributed by atoms with Crippen LogP contribution in [0.3, 0.4) is 0 Å². The van der Waals surface area contributed by atoms with Gasteiger partial charge in [-0.3, -0.25) is 37.3 Å². The molecule has 6 atom stereocenters. The molecule has 0 spiro atoms. The summed E-state index contributed by atoms with van der Waals surface area (Å²) in [5.74, 6) is -1.24. The molecule has 103 heavy (non-hydrogen) atoms. The van der Waals surface area contributed by atoms with Crippen LogP contribution in [-0.2, 0) is 65.4 Å². The van der Waals surface area contributed by atoms with Crippen LogP contribution in [0.15, 0.2) is 0 Å². The lowest BCUT2D eigenvalue weighted by Crippen LogP contribution is -2.30. The molecule has 3 unspecified atom stereocenters. The molecule has 0 aliphatic heterocycles. The van der Waals surface area contributed by atoms with E-state index < -0.39 is 97.5 Å². The van der Waals surface area contributed by atoms with Gasteiger partial charge in [0.2, 0.25) is 0 Å². The second-order valence-electron chi connectivity index (χ2n) is 30.5. The Morgan fingerprint density at radius 1 is 0.272 bits per heavy atom. The smallest absolute Gasteiger partial charge is 0.462 e. The zero-order chi connectivity index (χ0) is 75.5. The normalized spacial score (nSPS) is 14.1. The van der Waals surface area contributed by atoms with Crippen molar-refractivity contribution < 1.29 is 80.2 Å². The molecule has 0 heterocycles. The number of esters is 4. The highest BCUT2D eigenvalue weighted by Gasteiger charge is 2.30. The minimum atomic E-state index is -4.96. The Hall–Kier alpha value is -1.94. The Bertz CT molecular complexity index is 1960. The Morgan fingerprint density at radius 3 is 0.689 bits per heavy atom. The van der Waals surface area contributed by atoms with Crippen molar-refractivity contribution in [2.75, 3.05) is 39.6 Å². The molecule has 0 aromatic carbocycles. The van der Waals surface area contributed by atoms with Crippen molar-refractivity contribution in [1.82, 2.24) is 0 Å². The third-order valence-corrected chi connectivity index (χ3v) is 22.0. The molecule has 0 aliphatic carbocycles. The van der Waals surface area contributed by atoms with Gasteiger partial charge in [0.25, 0.3) is 0 Å². The highest BCUT2D eigenvalue weighted by Crippen LogP contribution is 2.45. The molecule has 0 fully saturated rings. The van der Waals surface area contributed by atoms with E-state index in [1.807, 2.05) is 0 Å². The fourth-order valence-electron chi connectivity index (χ4n) is 13.1. The van der Waals surface area contributed by atoms with Gasteiger partial charge in [0.1, 0.15) is 19.3 Å². The number of carbonyl (C=O) groups excluding carboxylic acids is 4. The van der Waals surface area contributed by atoms with E-state index in [1.165, 1.54) is 263 Å². The number of phosphoric ester groups is 2. The number of aliphatic hydroxyl groups excluding tert-OH is 1. The van der Waals surface area contributed by atoms with Crippen LogP contribution in [0, 0.1) is 5.92 Å². The second kappa shape index (κ2) is 76.8. The molecule has 0 amide bonds. The zero-order valence-electron chi connectivity index (χ0n) is 67.5. The first-order valence-electron chi connectivity index (χ1n) is 43.7. The van der Waals surface area contributed by atoms with Gasteiger partial charge in [-0.25, -0.2) is 9.13 Å². The standard InChI is InChI=1S/C84H164O17P2/c1-6-10-13-16-19-21-23-25-27-31-36-40-44-48-53-58-63-68-82(87)95-74-80(101-84(89)70-65-60-55-50-46-42-38-34-30-29-33-35-39-43-47-52-56-61-66-77(5)9-4)76-99-103(92,93)97-72-78(85)71-96-102(90,91)98-75-79(73-94-81(86)67-62-57-51-18-15-12-8-3)100-83(88)69-64-59-54-49-45-41-37-32-28-26-24-22-20-17-14-11-7-2/h77-80,85H,6-76H2,1-5H3,(H,90,91)(H,92,93)/t77?,78-,79+,80+/m0/s1. The van der Waals surface area contributed by atoms with Crippen LogP contribution >= 0.6 is 15.6 Å². The van der Waals surface area contributed by atoms with Crippen LogP contribution in [0.5, 0.6) is 0 Å². The van der Waals surface area contributed by atoms with Gasteiger partial charge in [0.05, 0.1) is 26.4 Å². The van der Waals surface area contributed by atoms with Crippen molar-refractivity contribution in [2.45, 2.75) is 470 Å². The van der Waals surface area contributed by atoms with Crippen molar-refractivity contribution in [3.63, 3.8) is 0 Å². The zero-order valence-corrected chi connectivity index (χ0v) is 69.3. The van der Waals surface area contributed by atoms with Crippen molar-refractivity contribution in [3.8, 4) is 0 Å². The first-order chi connectivity index (χ1) is 50.1. The van der Waals surface area contributed by atoms with Gasteiger partial charge in [-0.1, -0.05) is 401 Å². The molecule has 19 heteroatoms. The lowest BCUT2D eigenvalue weighted by atomic mass is 9.99. The third-order valence-electron chi connectivity index (χ3n) is 20.1. The van der Waals surface area contributed by atoms with Gasteiger partial charge in [0, 0.05) is 25.7 Å². The number of unbranched alkanes of at least 4 members (excludes halogenated alkanes) is 55. The molecule has 0 aromatic rings. The number of ether oxygens (including phenoxy) is 4. The summed E-state index contributed by atoms with van der Waals surface area (Å²) in [5, 5.41) is 10.6. The fraction of sp³-hybridized carbons (Fsp3) is 0.952. The Morgan fingerprint density at radius 2 is 0.466 bits per heavy atom. The number of rotatable bonds is 84. The van der Waals surface area contributed by atoms with E-state index >= 15 is 0 Å². The molecule has 0 aromatic heterocycles. The molecule has 612 valence electrons. The van der Waals surface area contributed by atoms with Crippen LogP contribution in [-0.4, -0.2) is 96.7 Å². The summed E-state index contributed by atoms with van der Waals surface area (Å²) >= 11 is 0. The van der Waals surface area contributed by atoms with Gasteiger partial charge in [-0.2, -0.15) is 0 Å². The Balaban J connectivity index is 5.16. The Labute approximate surface area is 632 Å². The first-order valence-corrected chi connectivity index (χ1v) is 46.7. The molecule has 17 nitrogen and oxygen atoms in total. The van der Waals surface area contributed by atoms with Crippen molar-refractivity contribution >= 4 is 39.5 Å². The van der Waals surface area contributed by atoms with E-state index in [1.54, 1.807) is 0 Å². The van der Waals surface area contributed by atoms with E-state index in [2.05, 4.69) is 34.6 Å². The quantitative estimate of drug-likeness (QED) is 0.0222. The lowest BCUT2D eigenvalue weighted by molar-refractivity contribution is -0.161. The Kier molecular flexibility index (Phi) is 75.4. The summed E-state index contributed by atoms with van der Waals surface area (Å²) in [4.78, 5) is 73.0. The first kappa shape index (κ1) is 101. The summed E-state index contributed by atoms with van der Waals surface area (Å²) in [5.41, 5.74) is 0. The minimum Gasteiger partial charge on any atom is -0.462 e. The number of carbonyl (C=O) groups is 4. The summed E-state index contributed by atoms with van der Waals surface area (Å²) in [6.07, 6.45) is 69.6. The van der Waals surface area contributed by atoms with Gasteiger partial charge in [-0.05, 0) is 31.6 Å². The van der Waals surface area contributed by atoms with Crippen LogP contribution < -0.4 is 0 Å². The molecule has 0 radical (unpaired) electrons. The summed E-state index contributed by atoms with van der Waals surface area (Å²) in [6.45, 7) is 7.38. The lowest BCUT2D eigenvalue weighted by Gasteiger charge is -2.21. The largest absolute Gasteiger partial charge is 0.472 e. The summed E-state index contributed by atoms with van der Waals surface area (Å²) in [6, 6.07) is 0. The highest BCUT2D eigenvalue weighted by atomic mass is 31.2. The molecule has 0 saturated carbocycles. The second-order valence-corrected chi connectivity index (χ2v) is 33.4. The van der Waals surface area contributed by atoms with E-state index in [9.17, 15) is 43.2 Å². The maximum Gasteiger partial charge on any atom is 0.472 e. The molecular weight excluding hydrogens is 1340 g/mol. The maximum absolute atomic E-state index is 13.1. The summed E-state index contributed by atoms with van der Waals surface area (Å²) < 4.78 is 68.7. The van der Waals surface area contributed by atoms with Crippen LogP contribution in [0.25, 0.3) is 0 Å². The summed E-state index contributed by atoms with van der Waals surface area (Å²) in [7, 11) is -9.92. The van der Waals surface area contributed by atoms with E-state index in [0.717, 1.165) is 109 Å². The average Bonchev–Trinajstić information content (AvgIpc) is 0.910. The highest BCUT2D eigenvalue weighted by molar-refractivity contribution is 7.47. The number of hydrogen-bond donors (Lipinski definition) is 3. The third kappa shape index (κ3) is 76.6. The number of aliphatic hydroxyl groups is 1. The van der Waals surface area contributed by atoms with Crippen molar-refractivity contribution in [1.29, 1.82) is 0 Å². The van der Waals surface area contributed by atoms with Gasteiger partial charge < -0.3 is 33.8 Å². The van der Waals surface area contributed by atoms with E-state index in [4.69, 9.17) is 37.0 Å². The van der Waals surface area contributed by atoms with Crippen molar-refractivity contribution in [2.24, 2.45) is 5.92 Å². The molecule has 0 aliphatic rings. The van der Waals surface area contributed by atoms with Gasteiger partial charge in [-0.15, -0.1) is 0 Å². The van der Waals surface area contributed by atoms with E-state index in [0.29, 0.717) is 25.7 Å². The van der Waals surface area contributed by atoms with Crippen molar-refractivity contribution in [3.05, 3.63) is 0 Å². The molecular formula is C84H164O17P2. The molecule has 0 bridgehead atoms. The molecule has 0 rings (SSSR count). The average molecular weight is 1510 g/mol. The predicted octanol–water partition coefficient (Wildman–Crippen LogP) is 25.6. The maximum atomic E-state index is 13.1. The van der Waals surface area contributed by atoms with Crippen LogP contribution in [0.2, 0.25) is 0 Å².